The minimum absolute atomic E-state index is 0.0363. The van der Waals surface area contributed by atoms with Gasteiger partial charge >= 0.3 is 16.1 Å². The van der Waals surface area contributed by atoms with E-state index in [2.05, 4.69) is 5.32 Å². The first-order valence-electron chi connectivity index (χ1n) is 13.1. The highest BCUT2D eigenvalue weighted by Crippen LogP contribution is 2.32. The molecule has 1 aliphatic heterocycles. The average molecular weight is 633 g/mol. The standard InChI is InChI=1S/C32H25ClN2O8S/c1-20-7-14-25(15-8-20)44(39,40)43-28-16-9-21(18-29(28)41-2)17-26-30(36)34-32(38)35(31(26)37)23-10-12-24(13-11-23)42-19-22-5-3-4-6-27(22)33/h3-18H,19H2,1-2H3,(H,34,36,38)/b26-17+. The third-order valence-electron chi connectivity index (χ3n) is 6.56. The summed E-state index contributed by atoms with van der Waals surface area (Å²) in [6.45, 7) is 2.05. The topological polar surface area (TPSA) is 128 Å². The van der Waals surface area contributed by atoms with Gasteiger partial charge in [0, 0.05) is 10.6 Å². The molecule has 0 aliphatic carbocycles. The van der Waals surface area contributed by atoms with Crippen molar-refractivity contribution < 1.29 is 36.5 Å². The molecule has 4 aromatic rings. The molecule has 0 radical (unpaired) electrons. The maximum absolute atomic E-state index is 13.4. The van der Waals surface area contributed by atoms with E-state index in [1.54, 1.807) is 30.3 Å². The maximum Gasteiger partial charge on any atom is 0.339 e. The van der Waals surface area contributed by atoms with Gasteiger partial charge in [0.1, 0.15) is 22.8 Å². The van der Waals surface area contributed by atoms with Crippen molar-refractivity contribution in [2.45, 2.75) is 18.4 Å². The molecule has 1 heterocycles. The zero-order chi connectivity index (χ0) is 31.4. The summed E-state index contributed by atoms with van der Waals surface area (Å²) in [5.41, 5.74) is 1.88. The van der Waals surface area contributed by atoms with Gasteiger partial charge in [0.2, 0.25) is 0 Å². The first-order valence-corrected chi connectivity index (χ1v) is 14.9. The van der Waals surface area contributed by atoms with Crippen molar-refractivity contribution in [1.29, 1.82) is 0 Å². The van der Waals surface area contributed by atoms with Crippen LogP contribution in [0.3, 0.4) is 0 Å². The molecule has 224 valence electrons. The van der Waals surface area contributed by atoms with Crippen molar-refractivity contribution in [3.8, 4) is 17.2 Å². The molecule has 12 heteroatoms. The summed E-state index contributed by atoms with van der Waals surface area (Å²) >= 11 is 6.17. The number of urea groups is 1. The van der Waals surface area contributed by atoms with E-state index in [0.29, 0.717) is 16.3 Å². The molecule has 0 aromatic heterocycles. The molecule has 0 saturated carbocycles. The Morgan fingerprint density at radius 2 is 1.59 bits per heavy atom. The molecule has 4 aromatic carbocycles. The Kier molecular flexibility index (Phi) is 8.70. The molecule has 1 fully saturated rings. The summed E-state index contributed by atoms with van der Waals surface area (Å²) in [7, 11) is -2.84. The summed E-state index contributed by atoms with van der Waals surface area (Å²) in [4.78, 5) is 39.5. The second-order valence-corrected chi connectivity index (χ2v) is 11.5. The Morgan fingerprint density at radius 3 is 2.27 bits per heavy atom. The highest BCUT2D eigenvalue weighted by Gasteiger charge is 2.37. The van der Waals surface area contributed by atoms with Crippen LogP contribution in [0.4, 0.5) is 10.5 Å². The van der Waals surface area contributed by atoms with Crippen molar-refractivity contribution in [1.82, 2.24) is 5.32 Å². The molecular weight excluding hydrogens is 608 g/mol. The van der Waals surface area contributed by atoms with Gasteiger partial charge in [-0.1, -0.05) is 53.6 Å². The number of benzene rings is 4. The number of ether oxygens (including phenoxy) is 2. The Morgan fingerprint density at radius 1 is 0.886 bits per heavy atom. The number of hydrogen-bond acceptors (Lipinski definition) is 8. The zero-order valence-electron chi connectivity index (χ0n) is 23.4. The number of anilines is 1. The lowest BCUT2D eigenvalue weighted by Crippen LogP contribution is -2.54. The number of aryl methyl sites for hydroxylation is 1. The van der Waals surface area contributed by atoms with Gasteiger partial charge in [0.25, 0.3) is 11.8 Å². The lowest BCUT2D eigenvalue weighted by Gasteiger charge is -2.26. The van der Waals surface area contributed by atoms with Gasteiger partial charge in [-0.15, -0.1) is 0 Å². The second-order valence-electron chi connectivity index (χ2n) is 9.59. The summed E-state index contributed by atoms with van der Waals surface area (Å²) in [5.74, 6) is -1.33. The van der Waals surface area contributed by atoms with E-state index in [-0.39, 0.29) is 34.3 Å². The van der Waals surface area contributed by atoms with Gasteiger partial charge in [-0.2, -0.15) is 8.42 Å². The molecule has 1 saturated heterocycles. The maximum atomic E-state index is 13.4. The van der Waals surface area contributed by atoms with Crippen molar-refractivity contribution in [3.05, 3.63) is 118 Å². The number of imide groups is 2. The van der Waals surface area contributed by atoms with Crippen molar-refractivity contribution in [2.24, 2.45) is 0 Å². The number of amides is 4. The lowest BCUT2D eigenvalue weighted by molar-refractivity contribution is -0.122. The number of halogens is 1. The smallest absolute Gasteiger partial charge is 0.339 e. The van der Waals surface area contributed by atoms with Gasteiger partial charge in [0.15, 0.2) is 11.5 Å². The van der Waals surface area contributed by atoms with Gasteiger partial charge < -0.3 is 13.7 Å². The highest BCUT2D eigenvalue weighted by molar-refractivity contribution is 7.87. The number of hydrogen-bond donors (Lipinski definition) is 1. The predicted molar refractivity (Wildman–Crippen MR) is 163 cm³/mol. The number of carbonyl (C=O) groups excluding carboxylic acids is 3. The van der Waals surface area contributed by atoms with Crippen LogP contribution in [0.1, 0.15) is 16.7 Å². The third-order valence-corrected chi connectivity index (χ3v) is 8.17. The summed E-state index contributed by atoms with van der Waals surface area (Å²) in [5, 5.41) is 2.73. The van der Waals surface area contributed by atoms with Crippen LogP contribution in [-0.4, -0.2) is 33.4 Å². The van der Waals surface area contributed by atoms with Crippen LogP contribution >= 0.6 is 11.6 Å². The number of nitrogens with zero attached hydrogens (tertiary/aromatic N) is 1. The van der Waals surface area contributed by atoms with E-state index in [1.807, 2.05) is 25.1 Å². The number of barbiturate groups is 1. The third kappa shape index (κ3) is 6.59. The quantitative estimate of drug-likeness (QED) is 0.142. The van der Waals surface area contributed by atoms with Crippen molar-refractivity contribution in [3.63, 3.8) is 0 Å². The van der Waals surface area contributed by atoms with E-state index in [0.717, 1.165) is 16.0 Å². The van der Waals surface area contributed by atoms with Gasteiger partial charge in [0.05, 0.1) is 12.8 Å². The van der Waals surface area contributed by atoms with Gasteiger partial charge in [-0.25, -0.2) is 9.69 Å². The molecule has 4 amide bonds. The fraction of sp³-hybridized carbons (Fsp3) is 0.0938. The number of nitrogens with one attached hydrogen (secondary N) is 1. The first kappa shape index (κ1) is 30.3. The normalized spacial score (nSPS) is 14.4. The van der Waals surface area contributed by atoms with E-state index in [1.165, 1.54) is 55.7 Å². The van der Waals surface area contributed by atoms with E-state index < -0.39 is 28.0 Å². The van der Waals surface area contributed by atoms with E-state index in [9.17, 15) is 22.8 Å². The second kappa shape index (κ2) is 12.6. The highest BCUT2D eigenvalue weighted by atomic mass is 35.5. The van der Waals surface area contributed by atoms with Crippen LogP contribution in [0.5, 0.6) is 17.2 Å². The number of methoxy groups -OCH3 is 1. The lowest BCUT2D eigenvalue weighted by atomic mass is 10.1. The molecule has 0 atom stereocenters. The molecule has 0 bridgehead atoms. The van der Waals surface area contributed by atoms with Crippen molar-refractivity contribution >= 4 is 51.3 Å². The fourth-order valence-corrected chi connectivity index (χ4v) is 5.37. The Hall–Kier alpha value is -5.13. The Balaban J connectivity index is 1.35. The Bertz CT molecular complexity index is 1890. The van der Waals surface area contributed by atoms with Crippen LogP contribution in [0.15, 0.2) is 101 Å². The minimum atomic E-state index is -4.16. The molecule has 5 rings (SSSR count). The molecule has 10 nitrogen and oxygen atoms in total. The zero-order valence-corrected chi connectivity index (χ0v) is 25.0. The van der Waals surface area contributed by atoms with Gasteiger partial charge in [-0.3, -0.25) is 14.9 Å². The molecule has 0 unspecified atom stereocenters. The summed E-state index contributed by atoms with van der Waals surface area (Å²) in [6.07, 6.45) is 1.26. The molecular formula is C32H25ClN2O8S. The van der Waals surface area contributed by atoms with Crippen molar-refractivity contribution in [2.75, 3.05) is 12.0 Å². The molecule has 1 N–H and O–H groups in total. The van der Waals surface area contributed by atoms with Crippen LogP contribution in [0.2, 0.25) is 5.02 Å². The fourth-order valence-electron chi connectivity index (χ4n) is 4.24. The van der Waals surface area contributed by atoms with Crippen LogP contribution in [-0.2, 0) is 26.3 Å². The Labute approximate surface area is 258 Å². The molecule has 0 spiro atoms. The van der Waals surface area contributed by atoms with E-state index >= 15 is 0 Å². The summed E-state index contributed by atoms with van der Waals surface area (Å²) < 4.78 is 41.9. The largest absolute Gasteiger partial charge is 0.493 e. The average Bonchev–Trinajstić information content (AvgIpc) is 3.00. The predicted octanol–water partition coefficient (Wildman–Crippen LogP) is 5.67. The monoisotopic (exact) mass is 632 g/mol. The van der Waals surface area contributed by atoms with Crippen LogP contribution in [0.25, 0.3) is 6.08 Å². The SMILES string of the molecule is COc1cc(/C=C2\C(=O)NC(=O)N(c3ccc(OCc4ccccc4Cl)cc3)C2=O)ccc1OS(=O)(=O)c1ccc(C)cc1. The number of rotatable bonds is 9. The van der Waals surface area contributed by atoms with Gasteiger partial charge in [-0.05, 0) is 73.2 Å². The first-order chi connectivity index (χ1) is 21.1. The summed E-state index contributed by atoms with van der Waals surface area (Å²) in [6, 6.07) is 22.9. The van der Waals surface area contributed by atoms with Crippen LogP contribution in [0, 0.1) is 6.92 Å². The van der Waals surface area contributed by atoms with E-state index in [4.69, 9.17) is 25.3 Å². The number of carbonyl (C=O) groups is 3. The van der Waals surface area contributed by atoms with Crippen LogP contribution < -0.4 is 23.9 Å². The molecule has 1 aliphatic rings. The minimum Gasteiger partial charge on any atom is -0.493 e. The molecule has 44 heavy (non-hydrogen) atoms.